The monoisotopic (exact) mass is 338 g/mol. The molecule has 2 nitrogen and oxygen atoms in total. The molecule has 0 aromatic heterocycles. The van der Waals surface area contributed by atoms with Crippen molar-refractivity contribution in [2.75, 3.05) is 0 Å². The summed E-state index contributed by atoms with van der Waals surface area (Å²) in [5.41, 5.74) is 4.15. The van der Waals surface area contributed by atoms with Crippen molar-refractivity contribution in [1.29, 1.82) is 0 Å². The maximum absolute atomic E-state index is 11.2. The van der Waals surface area contributed by atoms with Crippen LogP contribution in [0.1, 0.15) is 65.0 Å². The van der Waals surface area contributed by atoms with Gasteiger partial charge in [-0.2, -0.15) is 35.4 Å². The number of aryl methyl sites for hydroxylation is 2. The molecule has 2 aromatic rings. The molecule has 0 heterocycles. The Bertz CT molecular complexity index is 565. The van der Waals surface area contributed by atoms with Gasteiger partial charge in [0, 0.05) is 17.1 Å². The molecule has 0 spiro atoms. The largest absolute Gasteiger partial charge is 0.310 e. The number of ketones is 2. The smallest absolute Gasteiger partial charge is 0.0945 e. The van der Waals surface area contributed by atoms with Crippen LogP contribution >= 0.6 is 0 Å². The first-order valence-corrected chi connectivity index (χ1v) is 7.59. The third-order valence-electron chi connectivity index (χ3n) is 3.88. The number of rotatable bonds is 8. The Balaban J connectivity index is 0.00000242. The molecule has 0 bridgehead atoms. The Morgan fingerprint density at radius 2 is 1.23 bits per heavy atom. The number of hydrogen-bond acceptors (Lipinski definition) is 2. The van der Waals surface area contributed by atoms with E-state index in [-0.39, 0.29) is 28.6 Å². The van der Waals surface area contributed by atoms with Crippen LogP contribution in [0.15, 0.2) is 36.4 Å². The molecule has 0 aliphatic heterocycles. The van der Waals surface area contributed by atoms with Crippen molar-refractivity contribution in [3.8, 4) is 0 Å². The second-order valence-electron chi connectivity index (χ2n) is 5.69. The van der Waals surface area contributed by atoms with E-state index in [4.69, 9.17) is 0 Å². The van der Waals surface area contributed by atoms with Crippen LogP contribution in [-0.2, 0) is 29.9 Å². The molecule has 0 N–H and O–H groups in total. The molecule has 0 aliphatic rings. The number of carbonyl (C=O) groups excluding carboxylic acids is 2. The zero-order valence-electron chi connectivity index (χ0n) is 13.2. The van der Waals surface area contributed by atoms with Gasteiger partial charge in [0.15, 0.2) is 0 Å². The van der Waals surface area contributed by atoms with Gasteiger partial charge in [0.05, 0.1) is 11.6 Å². The van der Waals surface area contributed by atoms with Crippen molar-refractivity contribution in [1.82, 2.24) is 0 Å². The van der Waals surface area contributed by atoms with E-state index in [0.717, 1.165) is 36.8 Å². The van der Waals surface area contributed by atoms with Crippen LogP contribution in [0.25, 0.3) is 0 Å². The van der Waals surface area contributed by atoms with Gasteiger partial charge in [-0.15, -0.1) is 11.1 Å². The number of unbranched alkanes of at least 4 members (excludes halogenated alkanes) is 2. The van der Waals surface area contributed by atoms with Crippen LogP contribution < -0.4 is 0 Å². The SMILES string of the molecule is CC(=O)c1cc[c-](CCCCC[c-]2ccc(C(C)=O)c2)c1.[Fe]. The van der Waals surface area contributed by atoms with E-state index in [1.807, 2.05) is 36.4 Å². The standard InChI is InChI=1S/C19H22O2.Fe/c1-14(20)18-10-8-16(12-18)6-4-3-5-7-17-9-11-19(13-17)15(2)21;/h8-13H,3-7H2,1-2H3;/q-2;. The third kappa shape index (κ3) is 5.40. The Hall–Kier alpha value is -1.44. The number of carbonyl (C=O) groups is 2. The van der Waals surface area contributed by atoms with Crippen LogP contribution in [-0.4, -0.2) is 11.6 Å². The van der Waals surface area contributed by atoms with Crippen molar-refractivity contribution in [3.63, 3.8) is 0 Å². The van der Waals surface area contributed by atoms with Gasteiger partial charge in [-0.05, 0) is 13.8 Å². The molecule has 0 unspecified atom stereocenters. The molecule has 3 heteroatoms. The molecule has 0 radical (unpaired) electrons. The van der Waals surface area contributed by atoms with Crippen molar-refractivity contribution < 1.29 is 26.7 Å². The molecule has 2 rings (SSSR count). The molecular weight excluding hydrogens is 316 g/mol. The van der Waals surface area contributed by atoms with Gasteiger partial charge in [0.25, 0.3) is 0 Å². The molecule has 2 aromatic carbocycles. The summed E-state index contributed by atoms with van der Waals surface area (Å²) in [6.45, 7) is 3.21. The molecule has 0 amide bonds. The second-order valence-corrected chi connectivity index (χ2v) is 5.69. The van der Waals surface area contributed by atoms with E-state index in [1.54, 1.807) is 13.8 Å². The Kier molecular flexibility index (Phi) is 7.50. The molecular formula is C19H22FeO2-2. The number of hydrogen-bond donors (Lipinski definition) is 0. The minimum absolute atomic E-state index is 0. The first-order chi connectivity index (χ1) is 10.1. The second kappa shape index (κ2) is 8.87. The summed E-state index contributed by atoms with van der Waals surface area (Å²) in [7, 11) is 0. The average Bonchev–Trinajstić information content (AvgIpc) is 3.06. The summed E-state index contributed by atoms with van der Waals surface area (Å²) < 4.78 is 0. The zero-order chi connectivity index (χ0) is 15.2. The fraction of sp³-hybridized carbons (Fsp3) is 0.368. The van der Waals surface area contributed by atoms with E-state index in [2.05, 4.69) is 0 Å². The van der Waals surface area contributed by atoms with Crippen molar-refractivity contribution in [2.24, 2.45) is 0 Å². The molecule has 120 valence electrons. The minimum atomic E-state index is 0. The van der Waals surface area contributed by atoms with Gasteiger partial charge < -0.3 is 9.59 Å². The van der Waals surface area contributed by atoms with Crippen molar-refractivity contribution in [2.45, 2.75) is 46.0 Å². The van der Waals surface area contributed by atoms with Gasteiger partial charge in [-0.1, -0.05) is 32.1 Å². The topological polar surface area (TPSA) is 34.1 Å². The Morgan fingerprint density at radius 3 is 1.55 bits per heavy atom. The van der Waals surface area contributed by atoms with Gasteiger partial charge in [0.2, 0.25) is 0 Å². The van der Waals surface area contributed by atoms with Crippen LogP contribution in [0.5, 0.6) is 0 Å². The Labute approximate surface area is 143 Å². The third-order valence-corrected chi connectivity index (χ3v) is 3.88. The summed E-state index contributed by atoms with van der Waals surface area (Å²) in [5, 5.41) is 0. The normalized spacial score (nSPS) is 10.3. The molecule has 0 aliphatic carbocycles. The Morgan fingerprint density at radius 1 is 0.818 bits per heavy atom. The van der Waals surface area contributed by atoms with Crippen LogP contribution in [0.4, 0.5) is 0 Å². The van der Waals surface area contributed by atoms with E-state index >= 15 is 0 Å². The molecule has 0 saturated heterocycles. The molecule has 0 atom stereocenters. The van der Waals surface area contributed by atoms with Crippen molar-refractivity contribution >= 4 is 11.6 Å². The van der Waals surface area contributed by atoms with Gasteiger partial charge >= 0.3 is 0 Å². The predicted molar refractivity (Wildman–Crippen MR) is 85.3 cm³/mol. The summed E-state index contributed by atoms with van der Waals surface area (Å²) in [4.78, 5) is 22.4. The van der Waals surface area contributed by atoms with Gasteiger partial charge in [0.1, 0.15) is 0 Å². The summed E-state index contributed by atoms with van der Waals surface area (Å²) >= 11 is 0. The minimum Gasteiger partial charge on any atom is -0.310 e. The molecule has 0 saturated carbocycles. The fourth-order valence-corrected chi connectivity index (χ4v) is 2.57. The van der Waals surface area contributed by atoms with E-state index in [1.165, 1.54) is 17.5 Å². The quantitative estimate of drug-likeness (QED) is 0.308. The van der Waals surface area contributed by atoms with Crippen molar-refractivity contribution in [3.05, 3.63) is 58.7 Å². The van der Waals surface area contributed by atoms with Gasteiger partial charge in [-0.3, -0.25) is 0 Å². The fourth-order valence-electron chi connectivity index (χ4n) is 2.57. The van der Waals surface area contributed by atoms with Crippen LogP contribution in [0, 0.1) is 0 Å². The summed E-state index contributed by atoms with van der Waals surface area (Å²) in [6, 6.07) is 11.9. The van der Waals surface area contributed by atoms with Gasteiger partial charge in [-0.25, -0.2) is 12.1 Å². The number of Topliss-reactive ketones (excluding diaryl/α,β-unsaturated/α-hetero) is 2. The van der Waals surface area contributed by atoms with E-state index in [0.29, 0.717) is 0 Å². The first-order valence-electron chi connectivity index (χ1n) is 7.59. The summed E-state index contributed by atoms with van der Waals surface area (Å²) in [5.74, 6) is 0.275. The van der Waals surface area contributed by atoms with Crippen LogP contribution in [0.2, 0.25) is 0 Å². The maximum Gasteiger partial charge on any atom is 0.0945 e. The maximum atomic E-state index is 11.2. The van der Waals surface area contributed by atoms with E-state index < -0.39 is 0 Å². The zero-order valence-corrected chi connectivity index (χ0v) is 14.3. The predicted octanol–water partition coefficient (Wildman–Crippen LogP) is 4.48. The molecule has 0 fully saturated rings. The average molecular weight is 338 g/mol. The first kappa shape index (κ1) is 18.6. The molecule has 22 heavy (non-hydrogen) atoms. The summed E-state index contributed by atoms with van der Waals surface area (Å²) in [6.07, 6.45) is 5.52. The van der Waals surface area contributed by atoms with E-state index in [9.17, 15) is 9.59 Å². The van der Waals surface area contributed by atoms with Crippen LogP contribution in [0.3, 0.4) is 0 Å².